The molecule has 4 aliphatic rings. The van der Waals surface area contributed by atoms with Gasteiger partial charge in [0.15, 0.2) is 0 Å². The Hall–Kier alpha value is -3.83. The maximum Gasteiger partial charge on any atom is 0.415 e. The third kappa shape index (κ3) is 4.23. The maximum absolute atomic E-state index is 12.6. The number of aromatic nitrogens is 4. The summed E-state index contributed by atoms with van der Waals surface area (Å²) in [5.74, 6) is 0. The number of carbonyl (C=O) groups excluding carboxylic acids is 1. The van der Waals surface area contributed by atoms with Crippen LogP contribution in [-0.2, 0) is 27.3 Å². The van der Waals surface area contributed by atoms with Crippen molar-refractivity contribution in [2.45, 2.75) is 37.6 Å². The van der Waals surface area contributed by atoms with Crippen molar-refractivity contribution in [2.75, 3.05) is 37.7 Å². The van der Waals surface area contributed by atoms with Crippen LogP contribution in [-0.4, -0.2) is 87.8 Å². The molecule has 1 amide bonds. The summed E-state index contributed by atoms with van der Waals surface area (Å²) >= 11 is 0. The number of ether oxygens (including phenoxy) is 2. The fraction of sp³-hybridized carbons (Fsp3) is 0.423. The molecule has 0 radical (unpaired) electrons. The molecule has 37 heavy (non-hydrogen) atoms. The van der Waals surface area contributed by atoms with Crippen LogP contribution in [0.5, 0.6) is 0 Å². The zero-order chi connectivity index (χ0) is 24.8. The minimum absolute atomic E-state index is 0.0479. The van der Waals surface area contributed by atoms with Crippen molar-refractivity contribution in [3.63, 3.8) is 0 Å². The number of benzene rings is 1. The maximum atomic E-state index is 12.6. The molecule has 2 saturated heterocycles. The molecular weight excluding hydrogens is 474 g/mol. The molecule has 3 atom stereocenters. The van der Waals surface area contributed by atoms with Crippen molar-refractivity contribution in [1.82, 2.24) is 24.9 Å². The Bertz CT molecular complexity index is 1320. The highest BCUT2D eigenvalue weighted by molar-refractivity contribution is 6.00. The zero-order valence-corrected chi connectivity index (χ0v) is 20.3. The quantitative estimate of drug-likeness (QED) is 0.506. The van der Waals surface area contributed by atoms with Gasteiger partial charge in [0.25, 0.3) is 0 Å². The second kappa shape index (κ2) is 9.24. The fourth-order valence-electron chi connectivity index (χ4n) is 5.61. The van der Waals surface area contributed by atoms with Gasteiger partial charge in [0, 0.05) is 44.0 Å². The predicted molar refractivity (Wildman–Crippen MR) is 133 cm³/mol. The highest BCUT2D eigenvalue weighted by Gasteiger charge is 2.47. The lowest BCUT2D eigenvalue weighted by molar-refractivity contribution is -0.0000401. The van der Waals surface area contributed by atoms with Crippen molar-refractivity contribution in [3.8, 4) is 11.1 Å². The van der Waals surface area contributed by atoms with Gasteiger partial charge in [-0.15, -0.1) is 5.10 Å². The first kappa shape index (κ1) is 22.4. The van der Waals surface area contributed by atoms with E-state index in [1.807, 2.05) is 24.4 Å². The van der Waals surface area contributed by atoms with Gasteiger partial charge in [-0.05, 0) is 35.7 Å². The number of hydrogen-bond donors (Lipinski definition) is 0. The lowest BCUT2D eigenvalue weighted by Crippen LogP contribution is -2.41. The average molecular weight is 502 g/mol. The minimum Gasteiger partial charge on any atom is -0.442 e. The van der Waals surface area contributed by atoms with Crippen LogP contribution in [0.1, 0.15) is 17.7 Å². The number of anilines is 1. The Morgan fingerprint density at radius 2 is 1.92 bits per heavy atom. The number of nitrogens with zero attached hydrogens (tertiary/aromatic N) is 7. The number of carbonyl (C=O) groups is 1. The molecule has 7 rings (SSSR count). The Morgan fingerprint density at radius 1 is 1.03 bits per heavy atom. The van der Waals surface area contributed by atoms with Crippen LogP contribution < -0.4 is 4.90 Å². The zero-order valence-electron chi connectivity index (χ0n) is 20.3. The molecule has 1 unspecified atom stereocenters. The van der Waals surface area contributed by atoms with Crippen molar-refractivity contribution < 1.29 is 19.1 Å². The second-order valence-corrected chi connectivity index (χ2v) is 9.85. The van der Waals surface area contributed by atoms with Gasteiger partial charge in [-0.25, -0.2) is 9.48 Å². The summed E-state index contributed by atoms with van der Waals surface area (Å²) in [4.78, 5) is 27.1. The molecule has 11 nitrogen and oxygen atoms in total. The van der Waals surface area contributed by atoms with E-state index in [1.54, 1.807) is 22.0 Å². The summed E-state index contributed by atoms with van der Waals surface area (Å²) in [5, 5.41) is 12.2. The van der Waals surface area contributed by atoms with Crippen LogP contribution >= 0.6 is 0 Å². The van der Waals surface area contributed by atoms with E-state index < -0.39 is 0 Å². The van der Waals surface area contributed by atoms with Crippen molar-refractivity contribution in [2.24, 2.45) is 5.16 Å². The van der Waals surface area contributed by atoms with Crippen molar-refractivity contribution in [1.29, 1.82) is 0 Å². The Labute approximate surface area is 213 Å². The highest BCUT2D eigenvalue weighted by atomic mass is 16.6. The number of hydrogen-bond acceptors (Lipinski definition) is 9. The first-order valence-electron chi connectivity index (χ1n) is 12.7. The van der Waals surface area contributed by atoms with E-state index >= 15 is 0 Å². The van der Waals surface area contributed by atoms with Gasteiger partial charge in [-0.3, -0.25) is 14.8 Å². The predicted octanol–water partition coefficient (Wildman–Crippen LogP) is 2.12. The monoisotopic (exact) mass is 501 g/mol. The smallest absolute Gasteiger partial charge is 0.415 e. The van der Waals surface area contributed by atoms with Gasteiger partial charge in [0.2, 0.25) is 0 Å². The number of pyridine rings is 1. The van der Waals surface area contributed by atoms with Gasteiger partial charge in [0.1, 0.15) is 17.9 Å². The third-order valence-electron chi connectivity index (χ3n) is 7.51. The number of oxime groups is 1. The Balaban J connectivity index is 1.03. The first-order chi connectivity index (χ1) is 18.2. The number of cyclic esters (lactones) is 1. The molecular formula is C26H27N7O4. The third-order valence-corrected chi connectivity index (χ3v) is 7.51. The largest absolute Gasteiger partial charge is 0.442 e. The number of morpholine rings is 1. The number of amides is 1. The van der Waals surface area contributed by atoms with Gasteiger partial charge in [-0.2, -0.15) is 0 Å². The topological polar surface area (TPSA) is 107 Å². The normalized spacial score (nSPS) is 25.0. The van der Waals surface area contributed by atoms with Crippen LogP contribution in [0.15, 0.2) is 54.1 Å². The van der Waals surface area contributed by atoms with Crippen LogP contribution in [0, 0.1) is 0 Å². The molecule has 190 valence electrons. The molecule has 4 aliphatic heterocycles. The summed E-state index contributed by atoms with van der Waals surface area (Å²) in [6, 6.07) is 10.2. The van der Waals surface area contributed by atoms with Crippen molar-refractivity contribution >= 4 is 17.5 Å². The summed E-state index contributed by atoms with van der Waals surface area (Å²) in [7, 11) is 0. The molecule has 6 heterocycles. The Morgan fingerprint density at radius 3 is 2.73 bits per heavy atom. The van der Waals surface area contributed by atoms with E-state index in [0.29, 0.717) is 6.54 Å². The summed E-state index contributed by atoms with van der Waals surface area (Å²) in [5.41, 5.74) is 5.85. The molecule has 0 aliphatic carbocycles. The average Bonchev–Trinajstić information content (AvgIpc) is 3.72. The van der Waals surface area contributed by atoms with Crippen molar-refractivity contribution in [3.05, 3.63) is 60.2 Å². The summed E-state index contributed by atoms with van der Waals surface area (Å²) in [6.07, 6.45) is 6.25. The molecule has 1 aromatic carbocycles. The molecule has 0 spiro atoms. The van der Waals surface area contributed by atoms with E-state index in [2.05, 4.69) is 32.5 Å². The van der Waals surface area contributed by atoms with E-state index in [0.717, 1.165) is 79.5 Å². The molecule has 0 bridgehead atoms. The molecule has 3 aromatic rings. The standard InChI is InChI=1S/C26H27N7O4/c34-26-33-23-4-2-17(11-19(23)12-24(33)25(36-26)16-32-6-5-28-30-32)18-1-3-21(27-14-18)22-13-20(37-29-22)15-31-7-9-35-10-8-31/h1-6,11,14,20,24-25H,7-10,12-13,15-16H2/t20?,24-,25-/m0/s1. The van der Waals surface area contributed by atoms with E-state index in [1.165, 1.54) is 0 Å². The van der Waals surface area contributed by atoms with Crippen LogP contribution in [0.4, 0.5) is 10.5 Å². The lowest BCUT2D eigenvalue weighted by Gasteiger charge is -2.27. The van der Waals surface area contributed by atoms with Gasteiger partial charge < -0.3 is 14.3 Å². The highest BCUT2D eigenvalue weighted by Crippen LogP contribution is 2.40. The lowest BCUT2D eigenvalue weighted by atomic mass is 10.00. The van der Waals surface area contributed by atoms with Gasteiger partial charge >= 0.3 is 6.09 Å². The fourth-order valence-corrected chi connectivity index (χ4v) is 5.61. The van der Waals surface area contributed by atoms with Crippen LogP contribution in [0.2, 0.25) is 0 Å². The number of rotatable bonds is 6. The van der Waals surface area contributed by atoms with Gasteiger partial charge in [0.05, 0.1) is 43.4 Å². The van der Waals surface area contributed by atoms with E-state index in [4.69, 9.17) is 19.3 Å². The van der Waals surface area contributed by atoms with E-state index in [-0.39, 0.29) is 24.3 Å². The SMILES string of the molecule is O=C1O[C@@H](Cn2ccnn2)[C@@H]2Cc3cc(-c4ccc(C5=NOC(CN6CCOCC6)C5)nc4)ccc3N12. The minimum atomic E-state index is -0.306. The summed E-state index contributed by atoms with van der Waals surface area (Å²) in [6.45, 7) is 4.77. The van der Waals surface area contributed by atoms with Gasteiger partial charge in [-0.1, -0.05) is 22.5 Å². The number of fused-ring (bicyclic) bond motifs is 3. The van der Waals surface area contributed by atoms with Crippen LogP contribution in [0.3, 0.4) is 0 Å². The molecule has 0 N–H and O–H groups in total. The molecule has 0 saturated carbocycles. The Kier molecular flexibility index (Phi) is 5.59. The van der Waals surface area contributed by atoms with Crippen LogP contribution in [0.25, 0.3) is 11.1 Å². The second-order valence-electron chi connectivity index (χ2n) is 9.85. The molecule has 2 aromatic heterocycles. The van der Waals surface area contributed by atoms with E-state index in [9.17, 15) is 4.79 Å². The summed E-state index contributed by atoms with van der Waals surface area (Å²) < 4.78 is 12.8. The molecule has 2 fully saturated rings. The first-order valence-corrected chi connectivity index (χ1v) is 12.7. The molecule has 11 heteroatoms.